The normalized spacial score (nSPS) is 11.3. The first-order valence-electron chi connectivity index (χ1n) is 6.89. The molecule has 118 valence electrons. The van der Waals surface area contributed by atoms with E-state index < -0.39 is 9.84 Å². The van der Waals surface area contributed by atoms with Crippen LogP contribution in [0.2, 0.25) is 5.02 Å². The number of nitrogen functional groups attached to an aromatic ring is 1. The number of hydrogen-bond acceptors (Lipinski definition) is 4. The van der Waals surface area contributed by atoms with E-state index in [9.17, 15) is 13.2 Å². The number of rotatable bonds is 8. The van der Waals surface area contributed by atoms with Crippen LogP contribution in [0.3, 0.4) is 0 Å². The van der Waals surface area contributed by atoms with Gasteiger partial charge in [0.1, 0.15) is 9.84 Å². The molecule has 0 aliphatic carbocycles. The van der Waals surface area contributed by atoms with Gasteiger partial charge in [0, 0.05) is 12.1 Å². The number of hydrogen-bond donors (Lipinski definition) is 2. The Labute approximate surface area is 130 Å². The van der Waals surface area contributed by atoms with Gasteiger partial charge in [0.05, 0.1) is 22.2 Å². The van der Waals surface area contributed by atoms with Crippen LogP contribution in [0.5, 0.6) is 0 Å². The lowest BCUT2D eigenvalue weighted by Gasteiger charge is -2.07. The smallest absolute Gasteiger partial charge is 0.224 e. The molecule has 21 heavy (non-hydrogen) atoms. The first-order valence-corrected chi connectivity index (χ1v) is 9.09. The molecule has 0 heterocycles. The second kappa shape index (κ2) is 8.24. The monoisotopic (exact) mass is 332 g/mol. The van der Waals surface area contributed by atoms with Gasteiger partial charge in [-0.05, 0) is 31.0 Å². The maximum absolute atomic E-state index is 11.7. The second-order valence-electron chi connectivity index (χ2n) is 4.89. The Morgan fingerprint density at radius 3 is 2.57 bits per heavy atom. The zero-order chi connectivity index (χ0) is 15.9. The molecule has 0 radical (unpaired) electrons. The van der Waals surface area contributed by atoms with Gasteiger partial charge in [-0.15, -0.1) is 0 Å². The van der Waals surface area contributed by atoms with E-state index in [0.717, 1.165) is 6.42 Å². The summed E-state index contributed by atoms with van der Waals surface area (Å²) in [6.07, 6.45) is 1.99. The van der Waals surface area contributed by atoms with Gasteiger partial charge in [-0.25, -0.2) is 8.42 Å². The van der Waals surface area contributed by atoms with Crippen LogP contribution in [-0.4, -0.2) is 25.8 Å². The van der Waals surface area contributed by atoms with Gasteiger partial charge in [-0.2, -0.15) is 0 Å². The fraction of sp³-hybridized carbons (Fsp3) is 0.500. The van der Waals surface area contributed by atoms with E-state index in [1.807, 2.05) is 6.92 Å². The third-order valence-corrected chi connectivity index (χ3v) is 5.11. The average molecular weight is 333 g/mol. The molecule has 1 amide bonds. The Hall–Kier alpha value is -1.27. The van der Waals surface area contributed by atoms with Crippen LogP contribution in [-0.2, 0) is 14.6 Å². The van der Waals surface area contributed by atoms with E-state index in [-0.39, 0.29) is 23.8 Å². The largest absolute Gasteiger partial charge is 0.397 e. The third-order valence-electron chi connectivity index (χ3n) is 2.95. The number of carbonyl (C=O) groups excluding carboxylic acids is 1. The molecule has 7 heteroatoms. The van der Waals surface area contributed by atoms with Crippen molar-refractivity contribution < 1.29 is 13.2 Å². The Morgan fingerprint density at radius 2 is 1.95 bits per heavy atom. The van der Waals surface area contributed by atoms with Crippen LogP contribution >= 0.6 is 11.6 Å². The molecule has 0 fully saturated rings. The van der Waals surface area contributed by atoms with Crippen LogP contribution < -0.4 is 11.1 Å². The van der Waals surface area contributed by atoms with Crippen LogP contribution in [0.1, 0.15) is 32.6 Å². The molecule has 1 aromatic rings. The van der Waals surface area contributed by atoms with Crippen LogP contribution in [0.15, 0.2) is 18.2 Å². The van der Waals surface area contributed by atoms with Gasteiger partial charge in [-0.3, -0.25) is 4.79 Å². The Kier molecular flexibility index (Phi) is 6.98. The van der Waals surface area contributed by atoms with Crippen molar-refractivity contribution in [2.24, 2.45) is 0 Å². The Balaban J connectivity index is 2.39. The molecule has 5 nitrogen and oxygen atoms in total. The van der Waals surface area contributed by atoms with Crippen molar-refractivity contribution in [1.29, 1.82) is 0 Å². The molecule has 0 saturated carbocycles. The van der Waals surface area contributed by atoms with Crippen molar-refractivity contribution in [2.45, 2.75) is 32.6 Å². The fourth-order valence-electron chi connectivity index (χ4n) is 1.76. The van der Waals surface area contributed by atoms with Gasteiger partial charge in [-0.1, -0.05) is 24.9 Å². The van der Waals surface area contributed by atoms with E-state index in [0.29, 0.717) is 29.2 Å². The number of nitrogens with one attached hydrogen (secondary N) is 1. The van der Waals surface area contributed by atoms with E-state index in [4.69, 9.17) is 17.3 Å². The lowest BCUT2D eigenvalue weighted by Crippen LogP contribution is -2.16. The lowest BCUT2D eigenvalue weighted by molar-refractivity contribution is -0.116. The number of benzene rings is 1. The van der Waals surface area contributed by atoms with Gasteiger partial charge >= 0.3 is 0 Å². The average Bonchev–Trinajstić information content (AvgIpc) is 2.40. The quantitative estimate of drug-likeness (QED) is 0.716. The summed E-state index contributed by atoms with van der Waals surface area (Å²) in [6, 6.07) is 4.81. The molecular formula is C14H21ClN2O3S. The summed E-state index contributed by atoms with van der Waals surface area (Å²) in [7, 11) is -3.04. The predicted molar refractivity (Wildman–Crippen MR) is 87.3 cm³/mol. The summed E-state index contributed by atoms with van der Waals surface area (Å²) >= 11 is 5.79. The van der Waals surface area contributed by atoms with Gasteiger partial charge in [0.25, 0.3) is 0 Å². The molecule has 0 atom stereocenters. The van der Waals surface area contributed by atoms with Crippen molar-refractivity contribution in [2.75, 3.05) is 22.6 Å². The molecule has 1 aromatic carbocycles. The maximum atomic E-state index is 11.7. The molecule has 0 bridgehead atoms. The summed E-state index contributed by atoms with van der Waals surface area (Å²) in [5.41, 5.74) is 6.57. The summed E-state index contributed by atoms with van der Waals surface area (Å²) in [4.78, 5) is 11.7. The lowest BCUT2D eigenvalue weighted by atomic mass is 10.2. The van der Waals surface area contributed by atoms with Gasteiger partial charge in [0.15, 0.2) is 0 Å². The minimum absolute atomic E-state index is 0.0448. The molecule has 3 N–H and O–H groups in total. The predicted octanol–water partition coefficient (Wildman–Crippen LogP) is 2.86. The van der Waals surface area contributed by atoms with Gasteiger partial charge < -0.3 is 11.1 Å². The van der Waals surface area contributed by atoms with Crippen molar-refractivity contribution in [3.63, 3.8) is 0 Å². The van der Waals surface area contributed by atoms with E-state index in [1.54, 1.807) is 18.2 Å². The fourth-order valence-corrected chi connectivity index (χ4v) is 3.40. The van der Waals surface area contributed by atoms with E-state index in [2.05, 4.69) is 5.32 Å². The number of amides is 1. The van der Waals surface area contributed by atoms with Crippen LogP contribution in [0, 0.1) is 0 Å². The molecule has 0 saturated heterocycles. The molecule has 0 aliphatic rings. The molecule has 0 aromatic heterocycles. The number of anilines is 2. The van der Waals surface area contributed by atoms with Crippen molar-refractivity contribution >= 4 is 38.7 Å². The highest BCUT2D eigenvalue weighted by Crippen LogP contribution is 2.22. The van der Waals surface area contributed by atoms with Crippen LogP contribution in [0.4, 0.5) is 11.4 Å². The number of halogens is 1. The summed E-state index contributed by atoms with van der Waals surface area (Å²) in [5.74, 6) is 0.00423. The molecular weight excluding hydrogens is 312 g/mol. The molecule has 0 unspecified atom stereocenters. The number of sulfone groups is 1. The molecule has 0 spiro atoms. The molecule has 0 aliphatic heterocycles. The zero-order valence-corrected chi connectivity index (χ0v) is 13.6. The van der Waals surface area contributed by atoms with E-state index in [1.165, 1.54) is 0 Å². The highest BCUT2D eigenvalue weighted by molar-refractivity contribution is 7.91. The zero-order valence-electron chi connectivity index (χ0n) is 12.1. The van der Waals surface area contributed by atoms with Gasteiger partial charge in [0.2, 0.25) is 5.91 Å². The highest BCUT2D eigenvalue weighted by Gasteiger charge is 2.11. The topological polar surface area (TPSA) is 89.3 Å². The standard InChI is InChI=1S/C14H21ClN2O3S/c1-2-3-8-21(19,20)9-4-5-14(18)17-11-6-7-12(15)13(16)10-11/h6-7,10H,2-5,8-9,16H2,1H3,(H,17,18). The second-order valence-corrected chi connectivity index (χ2v) is 7.60. The van der Waals surface area contributed by atoms with Crippen molar-refractivity contribution in [3.05, 3.63) is 23.2 Å². The summed E-state index contributed by atoms with van der Waals surface area (Å²) < 4.78 is 23.3. The first kappa shape index (κ1) is 17.8. The number of carbonyl (C=O) groups is 1. The SMILES string of the molecule is CCCCS(=O)(=O)CCCC(=O)Nc1ccc(Cl)c(N)c1. The minimum atomic E-state index is -3.04. The Morgan fingerprint density at radius 1 is 1.29 bits per heavy atom. The highest BCUT2D eigenvalue weighted by atomic mass is 35.5. The molecule has 1 rings (SSSR count). The summed E-state index contributed by atoms with van der Waals surface area (Å²) in [6.45, 7) is 1.95. The van der Waals surface area contributed by atoms with Crippen molar-refractivity contribution in [1.82, 2.24) is 0 Å². The third kappa shape index (κ3) is 6.82. The first-order chi connectivity index (χ1) is 9.84. The number of unbranched alkanes of at least 4 members (excludes halogenated alkanes) is 1. The maximum Gasteiger partial charge on any atom is 0.224 e. The minimum Gasteiger partial charge on any atom is -0.397 e. The Bertz CT molecular complexity index is 588. The van der Waals surface area contributed by atoms with Crippen molar-refractivity contribution in [3.8, 4) is 0 Å². The number of nitrogens with two attached hydrogens (primary N) is 1. The van der Waals surface area contributed by atoms with E-state index >= 15 is 0 Å². The summed E-state index contributed by atoms with van der Waals surface area (Å²) in [5, 5.41) is 3.09. The van der Waals surface area contributed by atoms with Crippen LogP contribution in [0.25, 0.3) is 0 Å².